The molecule has 5 heteroatoms. The highest BCUT2D eigenvalue weighted by Gasteiger charge is 2.44. The van der Waals surface area contributed by atoms with Gasteiger partial charge in [-0.3, -0.25) is 4.79 Å². The molecule has 1 amide bonds. The minimum atomic E-state index is -1.31. The van der Waals surface area contributed by atoms with Gasteiger partial charge in [0, 0.05) is 18.5 Å². The van der Waals surface area contributed by atoms with Gasteiger partial charge in [-0.05, 0) is 56.5 Å². The zero-order valence-corrected chi connectivity index (χ0v) is 12.7. The topological polar surface area (TPSA) is 52.6 Å². The van der Waals surface area contributed by atoms with Crippen molar-refractivity contribution in [1.29, 1.82) is 0 Å². The molecule has 0 unspecified atom stereocenters. The Bertz CT molecular complexity index is 539. The third-order valence-corrected chi connectivity index (χ3v) is 4.77. The lowest BCUT2D eigenvalue weighted by Crippen LogP contribution is -2.39. The van der Waals surface area contributed by atoms with E-state index in [4.69, 9.17) is 0 Å². The Kier molecular flexibility index (Phi) is 4.45. The van der Waals surface area contributed by atoms with Gasteiger partial charge in [-0.1, -0.05) is 12.1 Å². The summed E-state index contributed by atoms with van der Waals surface area (Å²) in [5.74, 6) is -0.893. The van der Waals surface area contributed by atoms with Crippen LogP contribution in [0.3, 0.4) is 0 Å². The fourth-order valence-electron chi connectivity index (χ4n) is 3.18. The SMILES string of the molecule is O=C(NCC1(CN2CCCC2)CC1)[C@H](O)c1cccc(F)c1. The molecule has 2 N–H and O–H groups in total. The van der Waals surface area contributed by atoms with E-state index in [0.717, 1.165) is 32.5 Å². The molecule has 1 aliphatic heterocycles. The average Bonchev–Trinajstić information content (AvgIpc) is 3.08. The second kappa shape index (κ2) is 6.34. The molecule has 0 radical (unpaired) electrons. The van der Waals surface area contributed by atoms with Gasteiger partial charge in [0.25, 0.3) is 5.91 Å². The number of likely N-dealkylation sites (tertiary alicyclic amines) is 1. The molecule has 0 aromatic heterocycles. The zero-order chi connectivity index (χ0) is 15.6. The van der Waals surface area contributed by atoms with Crippen molar-refractivity contribution in [3.63, 3.8) is 0 Å². The third-order valence-electron chi connectivity index (χ3n) is 4.77. The first-order chi connectivity index (χ1) is 10.6. The molecule has 4 nitrogen and oxygen atoms in total. The normalized spacial score (nSPS) is 21.5. The van der Waals surface area contributed by atoms with Crippen molar-refractivity contribution in [3.05, 3.63) is 35.6 Å². The summed E-state index contributed by atoms with van der Waals surface area (Å²) in [6.07, 6.45) is 3.47. The van der Waals surface area contributed by atoms with Crippen LogP contribution in [-0.2, 0) is 4.79 Å². The van der Waals surface area contributed by atoms with Gasteiger partial charge in [0.2, 0.25) is 0 Å². The first-order valence-electron chi connectivity index (χ1n) is 8.02. The molecule has 1 aromatic carbocycles. The fraction of sp³-hybridized carbons (Fsp3) is 0.588. The summed E-state index contributed by atoms with van der Waals surface area (Å²) in [6, 6.07) is 5.55. The standard InChI is InChI=1S/C17H23FN2O2/c18-14-5-3-4-13(10-14)15(21)16(22)19-11-17(6-7-17)12-20-8-1-2-9-20/h3-5,10,15,21H,1-2,6-9,11-12H2,(H,19,22)/t15-/m1/s1. The van der Waals surface area contributed by atoms with Crippen LogP contribution >= 0.6 is 0 Å². The first kappa shape index (κ1) is 15.4. The summed E-state index contributed by atoms with van der Waals surface area (Å²) in [7, 11) is 0. The van der Waals surface area contributed by atoms with Gasteiger partial charge >= 0.3 is 0 Å². The number of hydrogen-bond donors (Lipinski definition) is 2. The van der Waals surface area contributed by atoms with Crippen LogP contribution in [0, 0.1) is 11.2 Å². The van der Waals surface area contributed by atoms with E-state index in [1.54, 1.807) is 6.07 Å². The lowest BCUT2D eigenvalue weighted by Gasteiger charge is -2.23. The minimum Gasteiger partial charge on any atom is -0.378 e. The molecule has 120 valence electrons. The van der Waals surface area contributed by atoms with E-state index in [1.807, 2.05) is 0 Å². The van der Waals surface area contributed by atoms with Crippen LogP contribution < -0.4 is 5.32 Å². The lowest BCUT2D eigenvalue weighted by atomic mass is 10.1. The number of hydrogen-bond acceptors (Lipinski definition) is 3. The van der Waals surface area contributed by atoms with Crippen LogP contribution in [-0.4, -0.2) is 42.1 Å². The highest BCUT2D eigenvalue weighted by molar-refractivity contribution is 5.81. The Hall–Kier alpha value is -1.46. The summed E-state index contributed by atoms with van der Waals surface area (Å²) in [6.45, 7) is 3.93. The first-order valence-corrected chi connectivity index (χ1v) is 8.02. The largest absolute Gasteiger partial charge is 0.378 e. The van der Waals surface area contributed by atoms with Crippen molar-refractivity contribution < 1.29 is 14.3 Å². The van der Waals surface area contributed by atoms with Gasteiger partial charge in [-0.25, -0.2) is 4.39 Å². The van der Waals surface area contributed by atoms with E-state index in [0.29, 0.717) is 12.1 Å². The summed E-state index contributed by atoms with van der Waals surface area (Å²) in [4.78, 5) is 14.5. The summed E-state index contributed by atoms with van der Waals surface area (Å²) >= 11 is 0. The number of benzene rings is 1. The second-order valence-corrected chi connectivity index (χ2v) is 6.66. The lowest BCUT2D eigenvalue weighted by molar-refractivity contribution is -0.129. The number of rotatable bonds is 6. The van der Waals surface area contributed by atoms with Gasteiger partial charge < -0.3 is 15.3 Å². The number of nitrogens with zero attached hydrogens (tertiary/aromatic N) is 1. The van der Waals surface area contributed by atoms with Crippen LogP contribution in [0.5, 0.6) is 0 Å². The maximum atomic E-state index is 13.2. The van der Waals surface area contributed by atoms with E-state index < -0.39 is 17.8 Å². The molecule has 1 saturated carbocycles. The smallest absolute Gasteiger partial charge is 0.253 e. The zero-order valence-electron chi connectivity index (χ0n) is 12.7. The van der Waals surface area contributed by atoms with Gasteiger partial charge in [-0.15, -0.1) is 0 Å². The van der Waals surface area contributed by atoms with Crippen LogP contribution in [0.15, 0.2) is 24.3 Å². The molecule has 2 aliphatic rings. The number of nitrogens with one attached hydrogen (secondary N) is 1. The Morgan fingerprint density at radius 2 is 2.09 bits per heavy atom. The predicted molar refractivity (Wildman–Crippen MR) is 81.7 cm³/mol. The fourth-order valence-corrected chi connectivity index (χ4v) is 3.18. The van der Waals surface area contributed by atoms with Crippen LogP contribution in [0.2, 0.25) is 0 Å². The predicted octanol–water partition coefficient (Wildman–Crippen LogP) is 1.85. The highest BCUT2D eigenvalue weighted by atomic mass is 19.1. The molecule has 1 aliphatic carbocycles. The van der Waals surface area contributed by atoms with Crippen molar-refractivity contribution in [3.8, 4) is 0 Å². The maximum absolute atomic E-state index is 13.2. The van der Waals surface area contributed by atoms with Gasteiger partial charge in [0.15, 0.2) is 6.10 Å². The summed E-state index contributed by atoms with van der Waals surface area (Å²) in [5, 5.41) is 12.9. The third kappa shape index (κ3) is 3.65. The number of halogens is 1. The maximum Gasteiger partial charge on any atom is 0.253 e. The van der Waals surface area contributed by atoms with Crippen molar-refractivity contribution in [1.82, 2.24) is 10.2 Å². The quantitative estimate of drug-likeness (QED) is 0.843. The molecule has 3 rings (SSSR count). The van der Waals surface area contributed by atoms with Crippen LogP contribution in [0.1, 0.15) is 37.4 Å². The molecular formula is C17H23FN2O2. The number of carbonyl (C=O) groups excluding carboxylic acids is 1. The van der Waals surface area contributed by atoms with Gasteiger partial charge in [0.1, 0.15) is 5.82 Å². The molecule has 22 heavy (non-hydrogen) atoms. The summed E-state index contributed by atoms with van der Waals surface area (Å²) in [5.41, 5.74) is 0.476. The van der Waals surface area contributed by atoms with Crippen molar-refractivity contribution in [2.24, 2.45) is 5.41 Å². The number of aliphatic hydroxyl groups is 1. The number of aliphatic hydroxyl groups excluding tert-OH is 1. The van der Waals surface area contributed by atoms with E-state index in [9.17, 15) is 14.3 Å². The molecule has 2 fully saturated rings. The molecular weight excluding hydrogens is 283 g/mol. The average molecular weight is 306 g/mol. The Labute approximate surface area is 130 Å². The summed E-state index contributed by atoms with van der Waals surface area (Å²) < 4.78 is 13.2. The van der Waals surface area contributed by atoms with Crippen molar-refractivity contribution in [2.75, 3.05) is 26.2 Å². The number of carbonyl (C=O) groups is 1. The molecule has 1 atom stereocenters. The van der Waals surface area contributed by atoms with E-state index >= 15 is 0 Å². The Balaban J connectivity index is 1.51. The van der Waals surface area contributed by atoms with E-state index in [2.05, 4.69) is 10.2 Å². The Morgan fingerprint density at radius 1 is 1.36 bits per heavy atom. The molecule has 1 heterocycles. The van der Waals surface area contributed by atoms with Gasteiger partial charge in [0.05, 0.1) is 0 Å². The molecule has 0 spiro atoms. The van der Waals surface area contributed by atoms with E-state index in [1.165, 1.54) is 31.0 Å². The number of amides is 1. The Morgan fingerprint density at radius 3 is 2.73 bits per heavy atom. The highest BCUT2D eigenvalue weighted by Crippen LogP contribution is 2.46. The van der Waals surface area contributed by atoms with Crippen molar-refractivity contribution >= 4 is 5.91 Å². The van der Waals surface area contributed by atoms with Crippen LogP contribution in [0.25, 0.3) is 0 Å². The van der Waals surface area contributed by atoms with E-state index in [-0.39, 0.29) is 5.41 Å². The molecule has 1 saturated heterocycles. The monoisotopic (exact) mass is 306 g/mol. The van der Waals surface area contributed by atoms with Gasteiger partial charge in [-0.2, -0.15) is 0 Å². The van der Waals surface area contributed by atoms with Crippen molar-refractivity contribution in [2.45, 2.75) is 31.8 Å². The van der Waals surface area contributed by atoms with Crippen LogP contribution in [0.4, 0.5) is 4.39 Å². The molecule has 0 bridgehead atoms. The minimum absolute atomic E-state index is 0.182. The molecule has 1 aromatic rings. The second-order valence-electron chi connectivity index (χ2n) is 6.66.